The summed E-state index contributed by atoms with van der Waals surface area (Å²) < 4.78 is 0. The number of amidine groups is 1. The third-order valence-corrected chi connectivity index (χ3v) is 4.68. The fraction of sp³-hybridized carbons (Fsp3) is 0.200. The summed E-state index contributed by atoms with van der Waals surface area (Å²) in [5.74, 6) is 0.878. The SMILES string of the molecule is Cc1ccccc1C(=NC(C)C)[N-]C(C)C.[CH2-]c1ccccc1.[CH2-]c1ccccc1.[CH2-]c1ccccc1.[Zr+3]. The Kier molecular flexibility index (Phi) is 19.1. The topological polar surface area (TPSA) is 26.5 Å². The van der Waals surface area contributed by atoms with Crippen molar-refractivity contribution < 1.29 is 26.2 Å². The van der Waals surface area contributed by atoms with Gasteiger partial charge in [0, 0.05) is 0 Å². The molecule has 3 heteroatoms. The van der Waals surface area contributed by atoms with Crippen molar-refractivity contribution in [3.63, 3.8) is 0 Å². The summed E-state index contributed by atoms with van der Waals surface area (Å²) in [5.41, 5.74) is 5.59. The minimum absolute atomic E-state index is 0. The molecule has 0 fully saturated rings. The minimum atomic E-state index is 0. The van der Waals surface area contributed by atoms with E-state index < -0.39 is 0 Å². The van der Waals surface area contributed by atoms with Crippen LogP contribution in [0.15, 0.2) is 120 Å². The Labute approximate surface area is 251 Å². The molecule has 0 aliphatic rings. The molecule has 0 aliphatic heterocycles. The first kappa shape index (κ1) is 34.8. The van der Waals surface area contributed by atoms with Crippen molar-refractivity contribution in [2.24, 2.45) is 4.99 Å². The maximum atomic E-state index is 4.60. The van der Waals surface area contributed by atoms with E-state index in [2.05, 4.69) is 77.8 Å². The van der Waals surface area contributed by atoms with Crippen molar-refractivity contribution in [2.75, 3.05) is 0 Å². The predicted molar refractivity (Wildman–Crippen MR) is 164 cm³/mol. The van der Waals surface area contributed by atoms with E-state index in [9.17, 15) is 0 Å². The number of aliphatic imine (C=N–C) groups is 1. The van der Waals surface area contributed by atoms with Crippen LogP contribution in [0.2, 0.25) is 0 Å². The molecule has 4 aromatic rings. The number of hydrogen-bond donors (Lipinski definition) is 0. The summed E-state index contributed by atoms with van der Waals surface area (Å²) in [6, 6.07) is 38.4. The minimum Gasteiger partial charge on any atom is -0.462 e. The molecule has 1 radical (unpaired) electrons. The van der Waals surface area contributed by atoms with Crippen molar-refractivity contribution in [3.05, 3.63) is 169 Å². The molecule has 4 aromatic carbocycles. The molecule has 38 heavy (non-hydrogen) atoms. The maximum Gasteiger partial charge on any atom is 3.00 e. The first-order chi connectivity index (χ1) is 17.7. The molecule has 0 unspecified atom stereocenters. The quantitative estimate of drug-likeness (QED) is 0.131. The van der Waals surface area contributed by atoms with Crippen LogP contribution in [-0.4, -0.2) is 17.9 Å². The summed E-state index contributed by atoms with van der Waals surface area (Å²) >= 11 is 0. The van der Waals surface area contributed by atoms with Crippen LogP contribution in [0.3, 0.4) is 0 Å². The number of rotatable bonds is 3. The molecule has 0 atom stereocenters. The van der Waals surface area contributed by atoms with Gasteiger partial charge in [-0.25, -0.2) is 0 Å². The molecule has 0 bridgehead atoms. The predicted octanol–water partition coefficient (Wildman–Crippen LogP) is 9.54. The van der Waals surface area contributed by atoms with Crippen molar-refractivity contribution in [3.8, 4) is 0 Å². The van der Waals surface area contributed by atoms with Crippen molar-refractivity contribution in [2.45, 2.75) is 46.7 Å². The summed E-state index contributed by atoms with van der Waals surface area (Å²) in [4.78, 5) is 4.60. The Morgan fingerprint density at radius 3 is 1.18 bits per heavy atom. The second-order valence-electron chi connectivity index (χ2n) is 9.04. The molecule has 2 nitrogen and oxygen atoms in total. The molecule has 0 heterocycles. The summed E-state index contributed by atoms with van der Waals surface area (Å²) in [6.07, 6.45) is 0. The van der Waals surface area contributed by atoms with Gasteiger partial charge in [0.25, 0.3) is 0 Å². The van der Waals surface area contributed by atoms with Crippen LogP contribution in [-0.2, 0) is 26.2 Å². The number of nitrogens with zero attached hydrogens (tertiary/aromatic N) is 2. The number of benzene rings is 4. The van der Waals surface area contributed by atoms with E-state index >= 15 is 0 Å². The molecule has 0 spiro atoms. The Balaban J connectivity index is 0.000000520. The molecule has 0 aliphatic carbocycles. The van der Waals surface area contributed by atoms with Crippen LogP contribution in [0.5, 0.6) is 0 Å². The van der Waals surface area contributed by atoms with E-state index in [-0.39, 0.29) is 38.3 Å². The molecule has 0 amide bonds. The van der Waals surface area contributed by atoms with E-state index in [0.29, 0.717) is 0 Å². The van der Waals surface area contributed by atoms with Crippen molar-refractivity contribution in [1.29, 1.82) is 0 Å². The first-order valence-corrected chi connectivity index (χ1v) is 12.6. The molecular weight excluding hydrogens is 540 g/mol. The van der Waals surface area contributed by atoms with E-state index in [4.69, 9.17) is 0 Å². The van der Waals surface area contributed by atoms with E-state index in [0.717, 1.165) is 28.1 Å². The maximum absolute atomic E-state index is 4.60. The van der Waals surface area contributed by atoms with Gasteiger partial charge in [0.05, 0.1) is 0 Å². The van der Waals surface area contributed by atoms with Crippen LogP contribution in [0.25, 0.3) is 5.32 Å². The Morgan fingerprint density at radius 2 is 0.921 bits per heavy atom. The summed E-state index contributed by atoms with van der Waals surface area (Å²) in [7, 11) is 0. The van der Waals surface area contributed by atoms with Gasteiger partial charge in [0.1, 0.15) is 0 Å². The monoisotopic (exact) mass is 580 g/mol. The van der Waals surface area contributed by atoms with Gasteiger partial charge in [-0.05, 0) is 30.1 Å². The second-order valence-corrected chi connectivity index (χ2v) is 9.04. The fourth-order valence-corrected chi connectivity index (χ4v) is 2.92. The van der Waals surface area contributed by atoms with Crippen LogP contribution < -0.4 is 0 Å². The Hall–Kier alpha value is -3.16. The zero-order valence-electron chi connectivity index (χ0n) is 23.6. The van der Waals surface area contributed by atoms with Gasteiger partial charge >= 0.3 is 26.2 Å². The smallest absolute Gasteiger partial charge is 0.462 e. The van der Waals surface area contributed by atoms with Crippen LogP contribution in [0, 0.1) is 27.7 Å². The molecular formula is C35H42N2Zr-. The first-order valence-electron chi connectivity index (χ1n) is 12.6. The average molecular weight is 582 g/mol. The summed E-state index contributed by atoms with van der Waals surface area (Å²) in [6.45, 7) is 21.6. The number of hydrogen-bond acceptors (Lipinski definition) is 1. The zero-order chi connectivity index (χ0) is 27.5. The third-order valence-electron chi connectivity index (χ3n) is 4.68. The van der Waals surface area contributed by atoms with Crippen LogP contribution >= 0.6 is 0 Å². The standard InChI is InChI=1S/C14H21N2.3C7H7.Zr/c1-10(2)15-14(16-11(3)4)13-9-7-6-8-12(13)5;3*1-7-5-3-2-4-6-7;/h6-11H,1-5H3;3*2-6H,1H2;/q4*-1;+3. The van der Waals surface area contributed by atoms with Gasteiger partial charge in [0.15, 0.2) is 0 Å². The second kappa shape index (κ2) is 20.9. The molecule has 197 valence electrons. The Morgan fingerprint density at radius 1 is 0.579 bits per heavy atom. The fourth-order valence-electron chi connectivity index (χ4n) is 2.92. The number of aryl methyl sites for hydroxylation is 1. The molecule has 0 aromatic heterocycles. The average Bonchev–Trinajstić information content (AvgIpc) is 2.86. The zero-order valence-corrected chi connectivity index (χ0v) is 26.1. The van der Waals surface area contributed by atoms with E-state index in [1.54, 1.807) is 0 Å². The van der Waals surface area contributed by atoms with Crippen LogP contribution in [0.4, 0.5) is 0 Å². The largest absolute Gasteiger partial charge is 3.00 e. The molecule has 4 rings (SSSR count). The normalized spacial score (nSPS) is 9.92. The molecule has 0 N–H and O–H groups in total. The van der Waals surface area contributed by atoms with Crippen LogP contribution in [0.1, 0.15) is 55.5 Å². The van der Waals surface area contributed by atoms with Gasteiger partial charge in [0.2, 0.25) is 0 Å². The third kappa shape index (κ3) is 17.3. The van der Waals surface area contributed by atoms with Gasteiger partial charge in [-0.1, -0.05) is 76.0 Å². The van der Waals surface area contributed by atoms with Gasteiger partial charge in [-0.2, -0.15) is 73.9 Å². The summed E-state index contributed by atoms with van der Waals surface area (Å²) in [5, 5.41) is 4.60. The van der Waals surface area contributed by atoms with Crippen molar-refractivity contribution in [1.82, 2.24) is 0 Å². The van der Waals surface area contributed by atoms with Crippen molar-refractivity contribution >= 4 is 5.84 Å². The van der Waals surface area contributed by atoms with Gasteiger partial charge in [-0.15, -0.1) is 36.4 Å². The van der Waals surface area contributed by atoms with E-state index in [1.807, 2.05) is 103 Å². The molecule has 0 saturated heterocycles. The van der Waals surface area contributed by atoms with E-state index in [1.165, 1.54) is 5.56 Å². The van der Waals surface area contributed by atoms with Gasteiger partial charge in [-0.3, -0.25) is 0 Å². The molecule has 0 saturated carbocycles. The Bertz CT molecular complexity index is 1030. The van der Waals surface area contributed by atoms with Gasteiger partial charge < -0.3 is 10.3 Å².